The summed E-state index contributed by atoms with van der Waals surface area (Å²) in [6.07, 6.45) is 8.89. The highest BCUT2D eigenvalue weighted by atomic mass is 16.6. The Morgan fingerprint density at radius 3 is 2.17 bits per heavy atom. The Hall–Kier alpha value is -1.89. The van der Waals surface area contributed by atoms with Crippen LogP contribution in [0.3, 0.4) is 0 Å². The van der Waals surface area contributed by atoms with Gasteiger partial charge in [0.15, 0.2) is 0 Å². The van der Waals surface area contributed by atoms with Crippen molar-refractivity contribution in [2.45, 2.75) is 112 Å². The highest BCUT2D eigenvalue weighted by Crippen LogP contribution is 2.77. The predicted molar refractivity (Wildman–Crippen MR) is 159 cm³/mol. The molecule has 0 spiro atoms. The summed E-state index contributed by atoms with van der Waals surface area (Å²) in [4.78, 5) is 37.1. The van der Waals surface area contributed by atoms with Crippen LogP contribution >= 0.6 is 0 Å². The molecule has 0 aromatic carbocycles. The zero-order chi connectivity index (χ0) is 30.9. The normalized spacial score (nSPS) is 47.7. The number of aliphatic carboxylic acids is 1. The van der Waals surface area contributed by atoms with Gasteiger partial charge in [-0.15, -0.1) is 0 Å². The average Bonchev–Trinajstić information content (AvgIpc) is 3.31. The van der Waals surface area contributed by atoms with E-state index in [4.69, 9.17) is 14.2 Å². The Bertz CT molecular complexity index is 1130. The van der Waals surface area contributed by atoms with E-state index in [1.807, 2.05) is 0 Å². The highest BCUT2D eigenvalue weighted by molar-refractivity contribution is 5.76. The van der Waals surface area contributed by atoms with Crippen LogP contribution in [0.2, 0.25) is 0 Å². The Kier molecular flexibility index (Phi) is 7.98. The number of esters is 2. The lowest BCUT2D eigenvalue weighted by molar-refractivity contribution is -0.257. The fourth-order valence-corrected chi connectivity index (χ4v) is 12.3. The van der Waals surface area contributed by atoms with Gasteiger partial charge in [-0.05, 0) is 116 Å². The van der Waals surface area contributed by atoms with Crippen molar-refractivity contribution in [3.05, 3.63) is 12.2 Å². The van der Waals surface area contributed by atoms with Crippen LogP contribution in [0.25, 0.3) is 0 Å². The van der Waals surface area contributed by atoms with Gasteiger partial charge in [-0.1, -0.05) is 34.3 Å². The molecule has 5 fully saturated rings. The maximum Gasteiger partial charge on any atom is 0.309 e. The zero-order valence-corrected chi connectivity index (χ0v) is 27.1. The minimum absolute atomic E-state index is 0.00257. The topological polar surface area (TPSA) is 99.1 Å². The van der Waals surface area contributed by atoms with Crippen molar-refractivity contribution >= 4 is 17.9 Å². The van der Waals surface area contributed by atoms with Crippen LogP contribution in [0.1, 0.15) is 106 Å². The van der Waals surface area contributed by atoms with Gasteiger partial charge < -0.3 is 19.3 Å². The molecule has 7 heteroatoms. The second-order valence-corrected chi connectivity index (χ2v) is 15.8. The summed E-state index contributed by atoms with van der Waals surface area (Å²) >= 11 is 0. The molecule has 5 aliphatic carbocycles. The first kappa shape index (κ1) is 31.5. The monoisotopic (exact) mass is 586 g/mol. The molecule has 0 heterocycles. The molecule has 11 atom stereocenters. The van der Waals surface area contributed by atoms with Crippen LogP contribution in [0, 0.1) is 56.7 Å². The van der Waals surface area contributed by atoms with Gasteiger partial charge in [0.1, 0.15) is 12.7 Å². The third-order valence-electron chi connectivity index (χ3n) is 14.4. The molecular weight excluding hydrogens is 532 g/mol. The molecule has 236 valence electrons. The number of hydrogen-bond donors (Lipinski definition) is 1. The van der Waals surface area contributed by atoms with Crippen LogP contribution < -0.4 is 0 Å². The van der Waals surface area contributed by atoms with Crippen LogP contribution in [-0.4, -0.2) is 49.4 Å². The van der Waals surface area contributed by atoms with Crippen LogP contribution in [0.15, 0.2) is 12.2 Å². The molecule has 0 amide bonds. The molecule has 7 nitrogen and oxygen atoms in total. The van der Waals surface area contributed by atoms with E-state index >= 15 is 0 Å². The van der Waals surface area contributed by atoms with Crippen molar-refractivity contribution in [1.82, 2.24) is 0 Å². The second-order valence-electron chi connectivity index (χ2n) is 15.8. The Balaban J connectivity index is 1.52. The number of carboxylic acids is 1. The van der Waals surface area contributed by atoms with Gasteiger partial charge in [0.25, 0.3) is 0 Å². The van der Waals surface area contributed by atoms with Crippen molar-refractivity contribution in [2.24, 2.45) is 56.7 Å². The lowest BCUT2D eigenvalue weighted by Crippen LogP contribution is -2.68. The summed E-state index contributed by atoms with van der Waals surface area (Å²) in [5.41, 5.74) is 0.00923. The van der Waals surface area contributed by atoms with E-state index in [2.05, 4.69) is 34.3 Å². The number of ether oxygens (including phenoxy) is 3. The van der Waals surface area contributed by atoms with Gasteiger partial charge in [-0.3, -0.25) is 14.4 Å². The molecular formula is C35H54O7. The summed E-state index contributed by atoms with van der Waals surface area (Å²) in [6, 6.07) is 0. The van der Waals surface area contributed by atoms with Crippen LogP contribution in [-0.2, 0) is 28.6 Å². The van der Waals surface area contributed by atoms with E-state index in [-0.39, 0.29) is 58.6 Å². The van der Waals surface area contributed by atoms with Crippen molar-refractivity contribution < 1.29 is 33.7 Å². The Labute approximate surface area is 252 Å². The number of carbonyl (C=O) groups excluding carboxylic acids is 2. The van der Waals surface area contributed by atoms with Gasteiger partial charge >= 0.3 is 17.9 Å². The number of carboxylic acid groups (broad SMARTS) is 1. The molecule has 5 saturated carbocycles. The van der Waals surface area contributed by atoms with E-state index in [1.54, 1.807) is 7.11 Å². The number of hydrogen-bond acceptors (Lipinski definition) is 6. The predicted octanol–water partition coefficient (Wildman–Crippen LogP) is 6.83. The zero-order valence-electron chi connectivity index (χ0n) is 27.1. The molecule has 0 bridgehead atoms. The van der Waals surface area contributed by atoms with Crippen molar-refractivity contribution in [2.75, 3.05) is 20.3 Å². The van der Waals surface area contributed by atoms with Crippen LogP contribution in [0.5, 0.6) is 0 Å². The first-order valence-corrected chi connectivity index (χ1v) is 16.3. The fraction of sp³-hybridized carbons (Fsp3) is 0.857. The SMILES string of the molecule is C=C(COC)[C@@H]1CC[C@]2(C(=O)O)CC[C@]3(C)C(CC[C@@H]4[C@@]5(C)CCC(OC(C)=O)[C@@](C)(COC(C)=O)[C@@H]5CC[C@]43C)[C@@H]12. The van der Waals surface area contributed by atoms with Gasteiger partial charge in [0.2, 0.25) is 0 Å². The number of rotatable bonds is 7. The molecule has 0 radical (unpaired) electrons. The number of carbonyl (C=O) groups is 3. The number of fused-ring (bicyclic) bond motifs is 7. The van der Waals surface area contributed by atoms with Crippen molar-refractivity contribution in [1.29, 1.82) is 0 Å². The lowest BCUT2D eigenvalue weighted by atomic mass is 9.32. The van der Waals surface area contributed by atoms with Crippen LogP contribution in [0.4, 0.5) is 0 Å². The fourth-order valence-electron chi connectivity index (χ4n) is 12.3. The quantitative estimate of drug-likeness (QED) is 0.258. The summed E-state index contributed by atoms with van der Waals surface area (Å²) in [5.74, 6) is 0.116. The minimum Gasteiger partial charge on any atom is -0.481 e. The number of methoxy groups -OCH3 is 1. The van der Waals surface area contributed by atoms with Gasteiger partial charge in [0, 0.05) is 26.4 Å². The largest absolute Gasteiger partial charge is 0.481 e. The first-order valence-electron chi connectivity index (χ1n) is 16.3. The smallest absolute Gasteiger partial charge is 0.309 e. The maximum absolute atomic E-state index is 13.0. The summed E-state index contributed by atoms with van der Waals surface area (Å²) in [6.45, 7) is 17.7. The first-order chi connectivity index (χ1) is 19.6. The van der Waals surface area contributed by atoms with Gasteiger partial charge in [-0.2, -0.15) is 0 Å². The molecule has 0 aromatic rings. The Morgan fingerprint density at radius 2 is 1.55 bits per heavy atom. The molecule has 1 N–H and O–H groups in total. The summed E-state index contributed by atoms with van der Waals surface area (Å²) < 4.78 is 17.1. The van der Waals surface area contributed by atoms with Crippen molar-refractivity contribution in [3.63, 3.8) is 0 Å². The van der Waals surface area contributed by atoms with Gasteiger partial charge in [0.05, 0.1) is 12.0 Å². The van der Waals surface area contributed by atoms with E-state index in [0.29, 0.717) is 18.4 Å². The van der Waals surface area contributed by atoms with Crippen molar-refractivity contribution in [3.8, 4) is 0 Å². The molecule has 0 saturated heterocycles. The standard InChI is InChI=1S/C35H54O7/c1-21(19-40-8)24-11-16-35(30(38)39)18-17-33(6)25(29(24)35)9-10-27-31(4)14-13-28(42-23(3)37)32(5,20-41-22(2)36)26(31)12-15-34(27,33)7/h24-29H,1,9-20H2,2-8H3,(H,38,39)/t24-,25?,26+,27+,28?,29+,31-,32-,33+,34+,35-/m0/s1. The molecule has 5 rings (SSSR count). The summed E-state index contributed by atoms with van der Waals surface area (Å²) in [5, 5.41) is 10.7. The average molecular weight is 587 g/mol. The molecule has 5 aliphatic rings. The summed E-state index contributed by atoms with van der Waals surface area (Å²) in [7, 11) is 1.70. The third-order valence-corrected chi connectivity index (χ3v) is 14.4. The van der Waals surface area contributed by atoms with E-state index in [9.17, 15) is 19.5 Å². The molecule has 0 aromatic heterocycles. The third kappa shape index (κ3) is 4.33. The molecule has 2 unspecified atom stereocenters. The highest BCUT2D eigenvalue weighted by Gasteiger charge is 2.72. The maximum atomic E-state index is 13.0. The van der Waals surface area contributed by atoms with E-state index < -0.39 is 16.8 Å². The second kappa shape index (κ2) is 10.6. The Morgan fingerprint density at radius 1 is 0.833 bits per heavy atom. The van der Waals surface area contributed by atoms with Gasteiger partial charge in [-0.25, -0.2) is 0 Å². The van der Waals surface area contributed by atoms with E-state index in [0.717, 1.165) is 69.8 Å². The van der Waals surface area contributed by atoms with E-state index in [1.165, 1.54) is 13.8 Å². The minimum atomic E-state index is -0.666. The molecule has 0 aliphatic heterocycles. The lowest BCUT2D eigenvalue weighted by Gasteiger charge is -2.72. The molecule has 42 heavy (non-hydrogen) atoms.